The summed E-state index contributed by atoms with van der Waals surface area (Å²) in [5, 5.41) is 24.0. The van der Waals surface area contributed by atoms with Crippen LogP contribution in [0.1, 0.15) is 109 Å². The Bertz CT molecular complexity index is 1220. The fraction of sp³-hybridized carbons (Fsp3) is 0.588. The quantitative estimate of drug-likeness (QED) is 0.233. The van der Waals surface area contributed by atoms with Crippen molar-refractivity contribution in [2.24, 2.45) is 0 Å². The fourth-order valence-electron chi connectivity index (χ4n) is 6.54. The molecule has 1 aliphatic carbocycles. The molecule has 3 N–H and O–H groups in total. The Morgan fingerprint density at radius 3 is 2.32 bits per heavy atom. The minimum atomic E-state index is -0.579. The topological polar surface area (TPSA) is 93.1 Å². The van der Waals surface area contributed by atoms with E-state index in [-0.39, 0.29) is 11.6 Å². The Hall–Kier alpha value is -2.74. The smallest absolute Gasteiger partial charge is 0.196 e. The summed E-state index contributed by atoms with van der Waals surface area (Å²) in [6.07, 6.45) is 12.1. The summed E-state index contributed by atoms with van der Waals surface area (Å²) in [5.74, 6) is -0.294. The molecule has 1 atom stereocenters. The number of unbranched alkanes of at least 4 members (excludes halogenated alkanes) is 6. The lowest BCUT2D eigenvalue weighted by Gasteiger charge is -2.40. The average Bonchev–Trinajstić information content (AvgIpc) is 2.97. The largest absolute Gasteiger partial charge is 0.390 e. The maximum atomic E-state index is 14.1. The third-order valence-electron chi connectivity index (χ3n) is 8.93. The van der Waals surface area contributed by atoms with Crippen LogP contribution in [0.4, 0.5) is 11.4 Å². The van der Waals surface area contributed by atoms with E-state index in [4.69, 9.17) is 0 Å². The van der Waals surface area contributed by atoms with Gasteiger partial charge in [-0.05, 0) is 62.5 Å². The van der Waals surface area contributed by atoms with Crippen molar-refractivity contribution >= 4 is 22.9 Å². The number of piperidine rings is 1. The van der Waals surface area contributed by atoms with Gasteiger partial charge in [-0.1, -0.05) is 64.0 Å². The van der Waals surface area contributed by atoms with E-state index in [1.165, 1.54) is 44.9 Å². The number of aryl methyl sites for hydroxylation is 1. The molecule has 0 spiro atoms. The van der Waals surface area contributed by atoms with Gasteiger partial charge in [0, 0.05) is 48.7 Å². The van der Waals surface area contributed by atoms with Gasteiger partial charge in [0.05, 0.1) is 23.3 Å². The molecule has 0 bridgehead atoms. The highest BCUT2D eigenvalue weighted by Gasteiger charge is 2.37. The molecule has 0 unspecified atom stereocenters. The number of anilines is 2. The summed E-state index contributed by atoms with van der Waals surface area (Å²) in [7, 11) is 0. The van der Waals surface area contributed by atoms with Gasteiger partial charge in [0.2, 0.25) is 0 Å². The molecular weight excluding hydrogens is 514 g/mol. The second kappa shape index (κ2) is 14.0. The van der Waals surface area contributed by atoms with Crippen LogP contribution in [0.15, 0.2) is 30.3 Å². The summed E-state index contributed by atoms with van der Waals surface area (Å²) >= 11 is 0. The van der Waals surface area contributed by atoms with Crippen molar-refractivity contribution in [3.8, 4) is 0 Å². The van der Waals surface area contributed by atoms with Crippen LogP contribution < -0.4 is 10.2 Å². The standard InChI is InChI=1S/C34H47N3O4/c1-2-3-4-5-6-7-9-12-24-13-14-27-28(19-24)34(41)31-29(35-20-25(38)21-36-17-10-8-11-18-36)15-16-30(32(31)33(27)40)37-22-26(39)23-37/h13-16,19,25-26,35,38-39H,2-12,17-18,20-23H2,1H3/t25-/m0/s1. The molecular formula is C34H47N3O4. The van der Waals surface area contributed by atoms with E-state index in [1.807, 2.05) is 35.2 Å². The van der Waals surface area contributed by atoms with Gasteiger partial charge in [-0.15, -0.1) is 0 Å². The van der Waals surface area contributed by atoms with Crippen LogP contribution >= 0.6 is 0 Å². The third-order valence-corrected chi connectivity index (χ3v) is 8.93. The summed E-state index contributed by atoms with van der Waals surface area (Å²) in [6, 6.07) is 9.47. The highest BCUT2D eigenvalue weighted by Crippen LogP contribution is 2.39. The number of hydrogen-bond acceptors (Lipinski definition) is 7. The van der Waals surface area contributed by atoms with Crippen molar-refractivity contribution in [3.63, 3.8) is 0 Å². The van der Waals surface area contributed by atoms with E-state index in [1.54, 1.807) is 0 Å². The molecule has 2 fully saturated rings. The SMILES string of the molecule is CCCCCCCCCc1ccc2c(c1)C(=O)c1c(NC[C@H](O)CN3CCCCC3)ccc(N3CC(O)C3)c1C2=O. The zero-order valence-corrected chi connectivity index (χ0v) is 24.7. The number of likely N-dealkylation sites (tertiary alicyclic amines) is 1. The van der Waals surface area contributed by atoms with Crippen molar-refractivity contribution in [1.29, 1.82) is 0 Å². The van der Waals surface area contributed by atoms with Crippen molar-refractivity contribution in [2.45, 2.75) is 89.8 Å². The van der Waals surface area contributed by atoms with Crippen LogP contribution in [0, 0.1) is 0 Å². The molecule has 2 saturated heterocycles. The Morgan fingerprint density at radius 2 is 1.59 bits per heavy atom. The van der Waals surface area contributed by atoms with Gasteiger partial charge in [-0.25, -0.2) is 0 Å². The second-order valence-electron chi connectivity index (χ2n) is 12.2. The Balaban J connectivity index is 1.34. The molecule has 2 heterocycles. The van der Waals surface area contributed by atoms with Gasteiger partial charge in [0.1, 0.15) is 0 Å². The van der Waals surface area contributed by atoms with Gasteiger partial charge >= 0.3 is 0 Å². The summed E-state index contributed by atoms with van der Waals surface area (Å²) < 4.78 is 0. The Kier molecular flexibility index (Phi) is 10.1. The van der Waals surface area contributed by atoms with Crippen molar-refractivity contribution in [2.75, 3.05) is 49.5 Å². The maximum Gasteiger partial charge on any atom is 0.196 e. The molecule has 0 saturated carbocycles. The van der Waals surface area contributed by atoms with Gasteiger partial charge in [0.25, 0.3) is 0 Å². The van der Waals surface area contributed by atoms with Crippen LogP contribution in [0.3, 0.4) is 0 Å². The molecule has 0 aromatic heterocycles. The molecule has 2 aromatic carbocycles. The number of hydrogen-bond donors (Lipinski definition) is 3. The highest BCUT2D eigenvalue weighted by molar-refractivity contribution is 6.32. The number of fused-ring (bicyclic) bond motifs is 2. The predicted molar refractivity (Wildman–Crippen MR) is 164 cm³/mol. The maximum absolute atomic E-state index is 14.1. The molecule has 2 aliphatic heterocycles. The highest BCUT2D eigenvalue weighted by atomic mass is 16.3. The summed E-state index contributed by atoms with van der Waals surface area (Å²) in [5.41, 5.74) is 4.10. The van der Waals surface area contributed by atoms with E-state index in [9.17, 15) is 19.8 Å². The fourth-order valence-corrected chi connectivity index (χ4v) is 6.54. The predicted octanol–water partition coefficient (Wildman–Crippen LogP) is 5.19. The number of nitrogens with zero attached hydrogens (tertiary/aromatic N) is 2. The number of rotatable bonds is 14. The van der Waals surface area contributed by atoms with Crippen LogP contribution in [0.2, 0.25) is 0 Å². The van der Waals surface area contributed by atoms with Crippen molar-refractivity contribution in [3.05, 3.63) is 58.1 Å². The molecule has 0 radical (unpaired) electrons. The van der Waals surface area contributed by atoms with Crippen molar-refractivity contribution < 1.29 is 19.8 Å². The zero-order valence-electron chi connectivity index (χ0n) is 24.7. The van der Waals surface area contributed by atoms with E-state index >= 15 is 0 Å². The molecule has 7 nitrogen and oxygen atoms in total. The summed E-state index contributed by atoms with van der Waals surface area (Å²) in [4.78, 5) is 32.3. The van der Waals surface area contributed by atoms with Crippen molar-refractivity contribution in [1.82, 2.24) is 4.90 Å². The van der Waals surface area contributed by atoms with Gasteiger partial charge in [0.15, 0.2) is 11.6 Å². The molecule has 41 heavy (non-hydrogen) atoms. The first-order valence-electron chi connectivity index (χ1n) is 15.9. The number of carbonyl (C=O) groups is 2. The lowest BCUT2D eigenvalue weighted by molar-refractivity contribution is 0.0978. The van der Waals surface area contributed by atoms with Gasteiger partial charge in [-0.2, -0.15) is 0 Å². The van der Waals surface area contributed by atoms with E-state index < -0.39 is 12.2 Å². The lowest BCUT2D eigenvalue weighted by Crippen LogP contribution is -2.51. The first-order valence-corrected chi connectivity index (χ1v) is 15.9. The Labute approximate surface area is 244 Å². The third kappa shape index (κ3) is 7.02. The van der Waals surface area contributed by atoms with E-state index in [0.717, 1.165) is 44.3 Å². The number of nitrogens with one attached hydrogen (secondary N) is 1. The average molecular weight is 562 g/mol. The first-order chi connectivity index (χ1) is 20.0. The minimum Gasteiger partial charge on any atom is -0.390 e. The molecule has 2 aromatic rings. The minimum absolute atomic E-state index is 0.146. The second-order valence-corrected chi connectivity index (χ2v) is 12.2. The number of ketones is 2. The van der Waals surface area contributed by atoms with Crippen LogP contribution in [0.5, 0.6) is 0 Å². The van der Waals surface area contributed by atoms with E-state index in [2.05, 4.69) is 17.1 Å². The molecule has 0 amide bonds. The normalized spacial score (nSPS) is 18.2. The number of carbonyl (C=O) groups excluding carboxylic acids is 2. The number of aliphatic hydroxyl groups is 2. The van der Waals surface area contributed by atoms with Crippen LogP contribution in [-0.4, -0.2) is 78.2 Å². The first kappa shape index (κ1) is 29.7. The Morgan fingerprint density at radius 1 is 0.878 bits per heavy atom. The number of aliphatic hydroxyl groups excluding tert-OH is 2. The van der Waals surface area contributed by atoms with Crippen LogP contribution in [0.25, 0.3) is 0 Å². The van der Waals surface area contributed by atoms with E-state index in [0.29, 0.717) is 59.8 Å². The van der Waals surface area contributed by atoms with Crippen LogP contribution in [-0.2, 0) is 6.42 Å². The number of β-amino-alcohol motifs (C(OH)–C–C–N with tert-alkyl or cyclic N) is 2. The monoisotopic (exact) mass is 561 g/mol. The molecule has 222 valence electrons. The molecule has 7 heteroatoms. The van der Waals surface area contributed by atoms with Gasteiger partial charge < -0.3 is 25.3 Å². The number of benzene rings is 2. The van der Waals surface area contributed by atoms with Gasteiger partial charge in [-0.3, -0.25) is 9.59 Å². The zero-order chi connectivity index (χ0) is 28.8. The summed E-state index contributed by atoms with van der Waals surface area (Å²) in [6.45, 7) is 6.03. The molecule has 3 aliphatic rings. The molecule has 5 rings (SSSR count). The lowest BCUT2D eigenvalue weighted by atomic mass is 9.80.